The molecule has 0 atom stereocenters. The lowest BCUT2D eigenvalue weighted by Crippen LogP contribution is -2.03. The summed E-state index contributed by atoms with van der Waals surface area (Å²) >= 11 is 0. The number of benzene rings is 2. The van der Waals surface area contributed by atoms with Gasteiger partial charge in [-0.2, -0.15) is 0 Å². The Morgan fingerprint density at radius 2 is 1.15 bits per heavy atom. The molecule has 0 unspecified atom stereocenters. The minimum atomic E-state index is -2.19. The quantitative estimate of drug-likeness (QED) is 0.290. The second kappa shape index (κ2) is 7.76. The smallest absolute Gasteiger partial charge is 0.200 e. The highest BCUT2D eigenvalue weighted by molar-refractivity contribution is 5.72. The van der Waals surface area contributed by atoms with Gasteiger partial charge in [0.15, 0.2) is 23.3 Å². The molecule has 0 aliphatic carbocycles. The molecule has 0 N–H and O–H groups in total. The van der Waals surface area contributed by atoms with Crippen LogP contribution in [0, 0.1) is 29.1 Å². The first-order valence-corrected chi connectivity index (χ1v) is 7.68. The van der Waals surface area contributed by atoms with Crippen molar-refractivity contribution in [2.45, 2.75) is 19.8 Å². The van der Waals surface area contributed by atoms with Gasteiger partial charge in [0.1, 0.15) is 11.5 Å². The fourth-order valence-corrected chi connectivity index (χ4v) is 2.57. The van der Waals surface area contributed by atoms with E-state index in [1.807, 2.05) is 13.8 Å². The molecule has 0 aliphatic heterocycles. The van der Waals surface area contributed by atoms with E-state index in [4.69, 9.17) is 9.47 Å². The third kappa shape index (κ3) is 3.52. The number of ether oxygens (including phenoxy) is 2. The predicted octanol–water partition coefficient (Wildman–Crippen LogP) is 5.69. The van der Waals surface area contributed by atoms with Gasteiger partial charge in [-0.05, 0) is 29.7 Å². The van der Waals surface area contributed by atoms with Gasteiger partial charge in [0.05, 0.1) is 19.8 Å². The van der Waals surface area contributed by atoms with Gasteiger partial charge in [0.2, 0.25) is 5.82 Å². The van der Waals surface area contributed by atoms with Crippen LogP contribution >= 0.6 is 0 Å². The SMILES string of the molecule is COc1cc(C=Cc2c(F)c(F)c(F)c(F)c2F)cc(OC)c1C(C)C. The maximum Gasteiger partial charge on any atom is 0.200 e. The van der Waals surface area contributed by atoms with Crippen molar-refractivity contribution in [3.05, 3.63) is 57.9 Å². The van der Waals surface area contributed by atoms with Gasteiger partial charge < -0.3 is 9.47 Å². The van der Waals surface area contributed by atoms with Crippen LogP contribution in [0.1, 0.15) is 36.5 Å². The van der Waals surface area contributed by atoms with Crippen molar-refractivity contribution < 1.29 is 31.4 Å². The molecule has 0 radical (unpaired) electrons. The van der Waals surface area contributed by atoms with E-state index in [1.54, 1.807) is 12.1 Å². The number of hydrogen-bond acceptors (Lipinski definition) is 2. The highest BCUT2D eigenvalue weighted by atomic mass is 19.2. The zero-order valence-corrected chi connectivity index (χ0v) is 14.6. The van der Waals surface area contributed by atoms with Gasteiger partial charge >= 0.3 is 0 Å². The molecule has 2 rings (SSSR count). The monoisotopic (exact) mass is 372 g/mol. The highest BCUT2D eigenvalue weighted by Gasteiger charge is 2.24. The summed E-state index contributed by atoms with van der Waals surface area (Å²) in [5.74, 6) is -8.92. The van der Waals surface area contributed by atoms with Crippen LogP contribution in [-0.4, -0.2) is 14.2 Å². The van der Waals surface area contributed by atoms with Gasteiger partial charge in [-0.15, -0.1) is 0 Å². The van der Waals surface area contributed by atoms with Crippen molar-refractivity contribution in [2.75, 3.05) is 14.2 Å². The third-order valence-electron chi connectivity index (χ3n) is 3.83. The largest absolute Gasteiger partial charge is 0.496 e. The molecule has 0 heterocycles. The average Bonchev–Trinajstić information content (AvgIpc) is 2.63. The van der Waals surface area contributed by atoms with E-state index < -0.39 is 34.6 Å². The van der Waals surface area contributed by atoms with E-state index in [0.29, 0.717) is 17.1 Å². The average molecular weight is 372 g/mol. The van der Waals surface area contributed by atoms with E-state index >= 15 is 0 Å². The van der Waals surface area contributed by atoms with Gasteiger partial charge in [-0.1, -0.05) is 19.9 Å². The fraction of sp³-hybridized carbons (Fsp3) is 0.263. The number of methoxy groups -OCH3 is 2. The molecule has 0 saturated carbocycles. The van der Waals surface area contributed by atoms with Gasteiger partial charge in [0, 0.05) is 5.56 Å². The third-order valence-corrected chi connectivity index (χ3v) is 3.83. The Bertz CT molecular complexity index is 805. The first-order chi connectivity index (χ1) is 12.2. The van der Waals surface area contributed by atoms with Crippen LogP contribution in [0.3, 0.4) is 0 Å². The van der Waals surface area contributed by atoms with E-state index in [1.165, 1.54) is 20.3 Å². The molecular formula is C19H17F5O2. The summed E-state index contributed by atoms with van der Waals surface area (Å²) in [6.07, 6.45) is 2.03. The van der Waals surface area contributed by atoms with Gasteiger partial charge in [-0.25, -0.2) is 22.0 Å². The molecule has 0 fully saturated rings. The van der Waals surface area contributed by atoms with Gasteiger partial charge in [0.25, 0.3) is 0 Å². The molecule has 0 aliphatic rings. The second-order valence-corrected chi connectivity index (χ2v) is 5.81. The molecule has 0 bridgehead atoms. The Kier molecular flexibility index (Phi) is 5.90. The van der Waals surface area contributed by atoms with E-state index in [0.717, 1.165) is 11.6 Å². The Balaban J connectivity index is 2.56. The number of hydrogen-bond donors (Lipinski definition) is 0. The van der Waals surface area contributed by atoms with Crippen LogP contribution in [0.25, 0.3) is 12.2 Å². The molecule has 0 spiro atoms. The Hall–Kier alpha value is -2.57. The Morgan fingerprint density at radius 3 is 1.54 bits per heavy atom. The summed E-state index contributed by atoms with van der Waals surface area (Å²) in [5.41, 5.74) is 0.183. The van der Waals surface area contributed by atoms with Crippen LogP contribution in [0.5, 0.6) is 11.5 Å². The molecule has 26 heavy (non-hydrogen) atoms. The van der Waals surface area contributed by atoms with Crippen LogP contribution in [0.4, 0.5) is 22.0 Å². The zero-order chi connectivity index (χ0) is 19.6. The summed E-state index contributed by atoms with van der Waals surface area (Å²) < 4.78 is 77.8. The first kappa shape index (κ1) is 19.8. The lowest BCUT2D eigenvalue weighted by Gasteiger charge is -2.17. The summed E-state index contributed by atoms with van der Waals surface area (Å²) in [6.45, 7) is 3.87. The van der Waals surface area contributed by atoms with Crippen molar-refractivity contribution in [1.82, 2.24) is 0 Å². The van der Waals surface area contributed by atoms with Crippen LogP contribution in [0.2, 0.25) is 0 Å². The molecule has 0 amide bonds. The van der Waals surface area contributed by atoms with Crippen molar-refractivity contribution in [2.24, 2.45) is 0 Å². The van der Waals surface area contributed by atoms with Crippen molar-refractivity contribution in [3.8, 4) is 11.5 Å². The van der Waals surface area contributed by atoms with E-state index in [-0.39, 0.29) is 5.92 Å². The minimum Gasteiger partial charge on any atom is -0.496 e. The minimum absolute atomic E-state index is 0.0770. The maximum atomic E-state index is 13.7. The molecule has 7 heteroatoms. The van der Waals surface area contributed by atoms with Gasteiger partial charge in [-0.3, -0.25) is 0 Å². The molecule has 140 valence electrons. The first-order valence-electron chi connectivity index (χ1n) is 7.68. The maximum absolute atomic E-state index is 13.7. The van der Waals surface area contributed by atoms with Crippen LogP contribution in [-0.2, 0) is 0 Å². The highest BCUT2D eigenvalue weighted by Crippen LogP contribution is 2.37. The number of halogens is 5. The molecule has 0 saturated heterocycles. The Labute approximate surface area is 147 Å². The molecule has 2 aromatic rings. The lowest BCUT2D eigenvalue weighted by molar-refractivity contribution is 0.377. The summed E-state index contributed by atoms with van der Waals surface area (Å²) in [5, 5.41) is 0. The van der Waals surface area contributed by atoms with Crippen molar-refractivity contribution >= 4 is 12.2 Å². The molecule has 0 aromatic heterocycles. The molecule has 2 nitrogen and oxygen atoms in total. The van der Waals surface area contributed by atoms with Crippen molar-refractivity contribution in [1.29, 1.82) is 0 Å². The molecular weight excluding hydrogens is 355 g/mol. The summed E-state index contributed by atoms with van der Waals surface area (Å²) in [4.78, 5) is 0. The molecule has 2 aromatic carbocycles. The topological polar surface area (TPSA) is 18.5 Å². The number of rotatable bonds is 5. The standard InChI is InChI=1S/C19H17F5O2/c1-9(2)14-12(25-3)7-10(8-13(14)26-4)5-6-11-15(20)17(22)19(24)18(23)16(11)21/h5-9H,1-4H3. The summed E-state index contributed by atoms with van der Waals surface area (Å²) in [6, 6.07) is 3.17. The predicted molar refractivity (Wildman–Crippen MR) is 88.8 cm³/mol. The Morgan fingerprint density at radius 1 is 0.731 bits per heavy atom. The van der Waals surface area contributed by atoms with Crippen LogP contribution in [0.15, 0.2) is 12.1 Å². The normalized spacial score (nSPS) is 11.5. The second-order valence-electron chi connectivity index (χ2n) is 5.81. The lowest BCUT2D eigenvalue weighted by atomic mass is 9.98. The van der Waals surface area contributed by atoms with E-state index in [2.05, 4.69) is 0 Å². The zero-order valence-electron chi connectivity index (χ0n) is 14.6. The van der Waals surface area contributed by atoms with Crippen molar-refractivity contribution in [3.63, 3.8) is 0 Å². The fourth-order valence-electron chi connectivity index (χ4n) is 2.57. The summed E-state index contributed by atoms with van der Waals surface area (Å²) in [7, 11) is 2.91. The van der Waals surface area contributed by atoms with E-state index in [9.17, 15) is 22.0 Å². The van der Waals surface area contributed by atoms with Crippen LogP contribution < -0.4 is 9.47 Å².